The molecule has 0 aromatic heterocycles. The normalized spacial score (nSPS) is 12.2. The van der Waals surface area contributed by atoms with Crippen molar-refractivity contribution in [3.8, 4) is 0 Å². The van der Waals surface area contributed by atoms with Crippen LogP contribution in [-0.2, 0) is 4.65 Å². The van der Waals surface area contributed by atoms with Crippen LogP contribution in [0.15, 0.2) is 12.1 Å². The first-order chi connectivity index (χ1) is 11.8. The lowest BCUT2D eigenvalue weighted by molar-refractivity contribution is -0.0983. The van der Waals surface area contributed by atoms with E-state index >= 15 is 0 Å². The Bertz CT molecular complexity index is 643. The highest BCUT2D eigenvalue weighted by Crippen LogP contribution is 2.25. The summed E-state index contributed by atoms with van der Waals surface area (Å²) in [5.74, 6) is -1.38. The Morgan fingerprint density at radius 3 is 2.15 bits per heavy atom. The number of halogens is 1. The fourth-order valence-electron chi connectivity index (χ4n) is 2.17. The summed E-state index contributed by atoms with van der Waals surface area (Å²) in [6.07, 6.45) is 1.64. The van der Waals surface area contributed by atoms with Crippen molar-refractivity contribution in [2.75, 3.05) is 0 Å². The Morgan fingerprint density at radius 2 is 1.69 bits per heavy atom. The molecular formula is C17H27B2FO6. The third-order valence-corrected chi connectivity index (χ3v) is 4.63. The lowest BCUT2D eigenvalue weighted by Crippen LogP contribution is -2.54. The number of hydrogen-bond donors (Lipinski definition) is 4. The van der Waals surface area contributed by atoms with Crippen LogP contribution in [0.3, 0.4) is 0 Å². The molecule has 0 saturated heterocycles. The zero-order chi connectivity index (χ0) is 20.3. The topological polar surface area (TPSA) is 107 Å². The van der Waals surface area contributed by atoms with Gasteiger partial charge in [0, 0.05) is 22.9 Å². The molecule has 0 amide bonds. The fourth-order valence-corrected chi connectivity index (χ4v) is 2.17. The van der Waals surface area contributed by atoms with Gasteiger partial charge in [-0.25, -0.2) is 4.39 Å². The molecule has 0 aliphatic carbocycles. The highest BCUT2D eigenvalue weighted by molar-refractivity contribution is 6.63. The van der Waals surface area contributed by atoms with Crippen LogP contribution in [0.4, 0.5) is 4.39 Å². The maximum atomic E-state index is 14.6. The molecule has 0 heterocycles. The minimum atomic E-state index is -2.15. The van der Waals surface area contributed by atoms with Crippen molar-refractivity contribution in [1.82, 2.24) is 0 Å². The van der Waals surface area contributed by atoms with Crippen LogP contribution in [0.5, 0.6) is 0 Å². The van der Waals surface area contributed by atoms with Crippen LogP contribution >= 0.6 is 0 Å². The Hall–Kier alpha value is -1.25. The first kappa shape index (κ1) is 22.8. The average Bonchev–Trinajstić information content (AvgIpc) is 2.50. The average molecular weight is 368 g/mol. The smallest absolute Gasteiger partial charge is 0.423 e. The predicted octanol–water partition coefficient (Wildman–Crippen LogP) is 0.132. The fraction of sp³-hybridized carbons (Fsp3) is 0.588. The molecule has 0 fully saturated rings. The van der Waals surface area contributed by atoms with E-state index in [1.54, 1.807) is 0 Å². The lowest BCUT2D eigenvalue weighted by Gasteiger charge is -2.38. The highest BCUT2D eigenvalue weighted by Gasteiger charge is 2.41. The second-order valence-corrected chi connectivity index (χ2v) is 7.41. The molecule has 0 spiro atoms. The Morgan fingerprint density at radius 1 is 1.15 bits per heavy atom. The quantitative estimate of drug-likeness (QED) is 0.365. The summed E-state index contributed by atoms with van der Waals surface area (Å²) in [5, 5.41) is 39.3. The minimum Gasteiger partial charge on any atom is -0.423 e. The third kappa shape index (κ3) is 5.37. The Balaban J connectivity index is 3.32. The number of hydrogen-bond acceptors (Lipinski definition) is 6. The number of unbranched alkanes of at least 4 members (excludes halogenated alkanes) is 1. The second kappa shape index (κ2) is 8.63. The monoisotopic (exact) mass is 368 g/mol. The number of aliphatic hydroxyl groups is 1. The van der Waals surface area contributed by atoms with E-state index in [4.69, 9.17) is 4.65 Å². The molecule has 0 saturated carbocycles. The molecule has 26 heavy (non-hydrogen) atoms. The third-order valence-electron chi connectivity index (χ3n) is 4.63. The molecule has 0 aliphatic heterocycles. The number of rotatable bonds is 9. The first-order valence-electron chi connectivity index (χ1n) is 8.62. The van der Waals surface area contributed by atoms with Crippen LogP contribution in [0.1, 0.15) is 64.2 Å². The summed E-state index contributed by atoms with van der Waals surface area (Å²) in [6, 6.07) is 2.21. The van der Waals surface area contributed by atoms with Gasteiger partial charge in [-0.3, -0.25) is 4.79 Å². The molecule has 1 rings (SSSR count). The Kier molecular flexibility index (Phi) is 7.56. The zero-order valence-electron chi connectivity index (χ0n) is 15.9. The van der Waals surface area contributed by atoms with Gasteiger partial charge in [0.05, 0.1) is 11.2 Å². The highest BCUT2D eigenvalue weighted by atomic mass is 19.1. The van der Waals surface area contributed by atoms with E-state index in [0.717, 1.165) is 18.6 Å². The first-order valence-corrected chi connectivity index (χ1v) is 8.62. The summed E-state index contributed by atoms with van der Waals surface area (Å²) in [4.78, 5) is 12.3. The minimum absolute atomic E-state index is 0.0571. The van der Waals surface area contributed by atoms with E-state index in [1.807, 2.05) is 6.92 Å². The maximum absolute atomic E-state index is 14.6. The number of Topliss-reactive ketones (excluding diaryl/α,β-unsaturated/α-hetero) is 1. The van der Waals surface area contributed by atoms with Gasteiger partial charge in [-0.2, -0.15) is 0 Å². The van der Waals surface area contributed by atoms with E-state index in [1.165, 1.54) is 27.7 Å². The van der Waals surface area contributed by atoms with Crippen molar-refractivity contribution in [2.24, 2.45) is 0 Å². The van der Waals surface area contributed by atoms with Crippen molar-refractivity contribution < 1.29 is 34.0 Å². The summed E-state index contributed by atoms with van der Waals surface area (Å²) in [5.41, 5.74) is -3.46. The van der Waals surface area contributed by atoms with E-state index in [-0.39, 0.29) is 17.8 Å². The standard InChI is InChI=1S/C17H27B2FO6/c1-6-7-8-14(21)11-9-12(18(23)24)15(20)13(10-11)19(25)26-17(4,5)16(2,3)22/h9-10,22-25H,6-8H2,1-5H3. The van der Waals surface area contributed by atoms with Crippen LogP contribution < -0.4 is 10.9 Å². The maximum Gasteiger partial charge on any atom is 0.494 e. The van der Waals surface area contributed by atoms with Gasteiger partial charge in [0.15, 0.2) is 5.78 Å². The van der Waals surface area contributed by atoms with Gasteiger partial charge in [-0.05, 0) is 46.2 Å². The number of carbonyl (C=O) groups excluding carboxylic acids is 1. The summed E-state index contributed by atoms with van der Waals surface area (Å²) in [7, 11) is -3.96. The van der Waals surface area contributed by atoms with Crippen molar-refractivity contribution in [2.45, 2.75) is 65.1 Å². The van der Waals surface area contributed by atoms with Gasteiger partial charge in [-0.15, -0.1) is 0 Å². The molecule has 9 heteroatoms. The van der Waals surface area contributed by atoms with E-state index in [9.17, 15) is 29.4 Å². The largest absolute Gasteiger partial charge is 0.494 e. The van der Waals surface area contributed by atoms with Gasteiger partial charge in [0.2, 0.25) is 0 Å². The number of carbonyl (C=O) groups is 1. The molecule has 1 aromatic rings. The van der Waals surface area contributed by atoms with Gasteiger partial charge in [-0.1, -0.05) is 13.3 Å². The Labute approximate surface area is 154 Å². The van der Waals surface area contributed by atoms with Gasteiger partial charge in [0.25, 0.3) is 0 Å². The van der Waals surface area contributed by atoms with Gasteiger partial charge < -0.3 is 24.8 Å². The molecule has 144 valence electrons. The lowest BCUT2D eigenvalue weighted by atomic mass is 9.69. The zero-order valence-corrected chi connectivity index (χ0v) is 15.9. The SMILES string of the molecule is CCCCC(=O)c1cc(B(O)O)c(F)c(B(O)OC(C)(C)C(C)(C)O)c1. The number of benzene rings is 1. The number of ketones is 1. The van der Waals surface area contributed by atoms with Crippen LogP contribution in [0.25, 0.3) is 0 Å². The van der Waals surface area contributed by atoms with Gasteiger partial charge >= 0.3 is 14.2 Å². The van der Waals surface area contributed by atoms with Crippen LogP contribution in [0, 0.1) is 5.82 Å². The molecule has 0 radical (unpaired) electrons. The molecule has 0 bridgehead atoms. The molecule has 6 nitrogen and oxygen atoms in total. The summed E-state index contributed by atoms with van der Waals surface area (Å²) >= 11 is 0. The predicted molar refractivity (Wildman–Crippen MR) is 99.1 cm³/mol. The van der Waals surface area contributed by atoms with Crippen molar-refractivity contribution in [3.05, 3.63) is 23.5 Å². The van der Waals surface area contributed by atoms with Crippen molar-refractivity contribution in [1.29, 1.82) is 0 Å². The van der Waals surface area contributed by atoms with Crippen LogP contribution in [-0.4, -0.2) is 51.4 Å². The van der Waals surface area contributed by atoms with E-state index in [0.29, 0.717) is 6.42 Å². The molecule has 0 unspecified atom stereocenters. The van der Waals surface area contributed by atoms with Crippen molar-refractivity contribution in [3.63, 3.8) is 0 Å². The molecular weight excluding hydrogens is 341 g/mol. The molecule has 0 aliphatic rings. The van der Waals surface area contributed by atoms with Gasteiger partial charge in [0.1, 0.15) is 5.82 Å². The van der Waals surface area contributed by atoms with E-state index in [2.05, 4.69) is 0 Å². The molecule has 0 atom stereocenters. The molecule has 1 aromatic carbocycles. The summed E-state index contributed by atoms with van der Waals surface area (Å²) in [6.45, 7) is 7.91. The van der Waals surface area contributed by atoms with Crippen LogP contribution in [0.2, 0.25) is 0 Å². The van der Waals surface area contributed by atoms with E-state index < -0.39 is 42.2 Å². The second-order valence-electron chi connectivity index (χ2n) is 7.41. The molecule has 4 N–H and O–H groups in total. The summed E-state index contributed by atoms with van der Waals surface area (Å²) < 4.78 is 20.0. The van der Waals surface area contributed by atoms with Crippen molar-refractivity contribution >= 4 is 30.9 Å².